The van der Waals surface area contributed by atoms with Crippen LogP contribution in [0.1, 0.15) is 185 Å². The van der Waals surface area contributed by atoms with Gasteiger partial charge in [-0.05, 0) is 208 Å². The highest BCUT2D eigenvalue weighted by atomic mass is 32.1. The van der Waals surface area contributed by atoms with E-state index in [0.29, 0.717) is 68.6 Å². The minimum absolute atomic E-state index is 0.00255. The van der Waals surface area contributed by atoms with Gasteiger partial charge in [0, 0.05) is 98.8 Å². The molecule has 0 radical (unpaired) electrons. The molecule has 6 heterocycles. The molecule has 2 fully saturated rings. The summed E-state index contributed by atoms with van der Waals surface area (Å²) >= 11 is 6.41. The van der Waals surface area contributed by atoms with Gasteiger partial charge in [0.25, 0.3) is 11.1 Å². The van der Waals surface area contributed by atoms with E-state index in [0.717, 1.165) is 121 Å². The fourth-order valence-electron chi connectivity index (χ4n) is 13.9. The van der Waals surface area contributed by atoms with Gasteiger partial charge in [-0.15, -0.1) is 22.7 Å². The number of aromatic amines is 2. The summed E-state index contributed by atoms with van der Waals surface area (Å²) in [4.78, 5) is 88.5. The summed E-state index contributed by atoms with van der Waals surface area (Å²) in [5.41, 5.74) is 3.83. The third kappa shape index (κ3) is 23.2. The summed E-state index contributed by atoms with van der Waals surface area (Å²) in [7, 11) is 1.00. The van der Waals surface area contributed by atoms with Crippen molar-refractivity contribution >= 4 is 116 Å². The maximum absolute atomic E-state index is 12.4. The fourth-order valence-corrected chi connectivity index (χ4v) is 17.6. The number of hydrogen-bond donors (Lipinski definition) is 9. The van der Waals surface area contributed by atoms with Crippen molar-refractivity contribution in [3.63, 3.8) is 0 Å². The Bertz CT molecular complexity index is 4200. The zero-order chi connectivity index (χ0) is 73.2. The monoisotopic (exact) mass is 1460 g/mol. The van der Waals surface area contributed by atoms with Crippen LogP contribution in [0.15, 0.2) is 165 Å². The summed E-state index contributed by atoms with van der Waals surface area (Å²) in [6.45, 7) is 3.88. The summed E-state index contributed by atoms with van der Waals surface area (Å²) in [6.07, 6.45) is 12.8. The van der Waals surface area contributed by atoms with E-state index in [1.807, 2.05) is 138 Å². The number of thiophene rings is 4. The van der Waals surface area contributed by atoms with Crippen molar-refractivity contribution in [1.29, 1.82) is 0 Å². The summed E-state index contributed by atoms with van der Waals surface area (Å²) < 4.78 is 2.31. The van der Waals surface area contributed by atoms with Crippen LogP contribution in [0, 0.1) is 23.7 Å². The lowest BCUT2D eigenvalue weighted by Crippen LogP contribution is -2.23. The third-order valence-electron chi connectivity index (χ3n) is 19.8. The Balaban J connectivity index is 0.000000173. The third-order valence-corrected chi connectivity index (χ3v) is 23.6. The lowest BCUT2D eigenvalue weighted by atomic mass is 9.84. The van der Waals surface area contributed by atoms with Crippen molar-refractivity contribution in [3.05, 3.63) is 208 Å². The second-order valence-electron chi connectivity index (χ2n) is 26.7. The second-order valence-corrected chi connectivity index (χ2v) is 30.5. The van der Waals surface area contributed by atoms with Crippen LogP contribution < -0.4 is 16.2 Å². The zero-order valence-corrected chi connectivity index (χ0v) is 61.3. The van der Waals surface area contributed by atoms with Crippen LogP contribution in [0.25, 0.3) is 41.7 Å². The average molecular weight is 1460 g/mol. The maximum Gasteiger partial charge on any atom is 0.303 e. The van der Waals surface area contributed by atoms with Crippen LogP contribution in [0.3, 0.4) is 0 Å². The number of aliphatic hydroxyl groups excluding tert-OH is 6. The SMILES string of the molecule is CC(C(=O)Cc1ccc2c(=O)[nH]ccc2c1)c1ccsc1.CC(C(=O)Cc1ccc2c(=O)[nH]ccc2c1)c1ccsc1.CO.O=C(O)CCCCCC[C@H]1C(=O)C[C@@H](O)[C@@H]1CC[C@@H](O)c1cc2ccccc2s1.O=C([O-])CCCCCC[C@@H]1[C@@H](CC[C@@H](O)c2cc3ccccc3s2)[C@H](O)C[C@@H]1O. The highest BCUT2D eigenvalue weighted by Crippen LogP contribution is 2.43. The Kier molecular flexibility index (Phi) is 31.7. The van der Waals surface area contributed by atoms with E-state index in [-0.39, 0.29) is 83.2 Å². The molecule has 9 N–H and O–H groups in total. The number of carbonyl (C=O) groups is 5. The van der Waals surface area contributed by atoms with E-state index in [4.69, 9.17) is 10.2 Å². The van der Waals surface area contributed by atoms with Crippen molar-refractivity contribution < 1.29 is 64.8 Å². The number of carboxylic acids is 2. The second kappa shape index (κ2) is 40.4. The molecule has 21 heteroatoms. The number of pyridine rings is 2. The number of fused-ring (bicyclic) bond motifs is 4. The molecule has 0 spiro atoms. The molecule has 2 aliphatic carbocycles. The van der Waals surface area contributed by atoms with E-state index in [9.17, 15) is 64.2 Å². The van der Waals surface area contributed by atoms with Gasteiger partial charge in [0.05, 0.1) is 30.5 Å². The highest BCUT2D eigenvalue weighted by Gasteiger charge is 2.42. The van der Waals surface area contributed by atoms with E-state index in [1.165, 1.54) is 0 Å². The first-order valence-electron chi connectivity index (χ1n) is 35.3. The van der Waals surface area contributed by atoms with Gasteiger partial charge in [-0.3, -0.25) is 28.8 Å². The summed E-state index contributed by atoms with van der Waals surface area (Å²) in [5, 5.41) is 91.9. The molecular formula is C81H95N2O15S4-. The molecule has 2 unspecified atom stereocenters. The van der Waals surface area contributed by atoms with Crippen molar-refractivity contribution in [2.24, 2.45) is 23.7 Å². The number of aromatic nitrogens is 2. The molecule has 11 atom stereocenters. The van der Waals surface area contributed by atoms with Crippen molar-refractivity contribution in [2.75, 3.05) is 7.11 Å². The standard InChI is InChI=1S/C23H32O5S.C23H30O5S.2C17H15NO2S.CH4O/c2*24-18(22-13-15-7-5-6-9-21(15)29-22)12-11-17-16(19(25)14-20(17)26)8-3-1-2-4-10-23(27)28;2*1-11(14-5-7-21-10-14)16(19)9-12-2-3-15-13(8-12)4-6-18-17(15)20;1-2/h5-7,9,13,16-20,24-26H,1-4,8,10-12,14H2,(H,27,28);5-7,9,13,16-18,20,24,26H,1-4,8,10-12,14H2,(H,27,28);2*2-8,10-11H,9H2,1H3,(H,18,20);2H,1H3/p-1/t16-,17-,18-,19+,20-;16-,17-,18-,20-;;;/m11.../s1. The normalized spacial score (nSPS) is 19.0. The van der Waals surface area contributed by atoms with E-state index in [1.54, 1.807) is 69.9 Å². The first kappa shape index (κ1) is 80.0. The number of hydrogen-bond acceptors (Lipinski definition) is 18. The largest absolute Gasteiger partial charge is 0.550 e. The molecule has 6 aromatic heterocycles. The van der Waals surface area contributed by atoms with E-state index in [2.05, 4.69) is 16.0 Å². The predicted molar refractivity (Wildman–Crippen MR) is 406 cm³/mol. The molecule has 0 amide bonds. The van der Waals surface area contributed by atoms with Gasteiger partial charge in [0.15, 0.2) is 0 Å². The highest BCUT2D eigenvalue weighted by molar-refractivity contribution is 7.19. The molecule has 102 heavy (non-hydrogen) atoms. The number of carbonyl (C=O) groups excluding carboxylic acids is 4. The number of aliphatic hydroxyl groups is 6. The number of ketones is 3. The number of Topliss-reactive ketones (excluding diaryl/α,β-unsaturated/α-hetero) is 3. The molecule has 544 valence electrons. The summed E-state index contributed by atoms with van der Waals surface area (Å²) in [6, 6.07) is 39.0. The number of aliphatic carboxylic acids is 2. The number of H-pyrrole nitrogens is 2. The first-order chi connectivity index (χ1) is 49.2. The molecule has 2 saturated carbocycles. The molecule has 12 rings (SSSR count). The van der Waals surface area contributed by atoms with Crippen molar-refractivity contribution in [3.8, 4) is 0 Å². The van der Waals surface area contributed by atoms with E-state index >= 15 is 0 Å². The minimum Gasteiger partial charge on any atom is -0.550 e. The zero-order valence-electron chi connectivity index (χ0n) is 58.0. The van der Waals surface area contributed by atoms with E-state index < -0.39 is 42.5 Å². The van der Waals surface area contributed by atoms with Crippen LogP contribution in [-0.4, -0.2) is 100 Å². The quantitative estimate of drug-likeness (QED) is 0.0189. The van der Waals surface area contributed by atoms with Gasteiger partial charge in [-0.1, -0.05) is 113 Å². The number of nitrogens with one attached hydrogen (secondary N) is 2. The number of unbranched alkanes of at least 4 members (excludes halogenated alkanes) is 6. The maximum atomic E-state index is 12.4. The van der Waals surface area contributed by atoms with Gasteiger partial charge in [-0.25, -0.2) is 0 Å². The van der Waals surface area contributed by atoms with Gasteiger partial charge in [0.2, 0.25) is 0 Å². The lowest BCUT2D eigenvalue weighted by Gasteiger charge is -2.24. The van der Waals surface area contributed by atoms with Gasteiger partial charge in [-0.2, -0.15) is 22.7 Å². The van der Waals surface area contributed by atoms with Crippen molar-refractivity contribution in [2.45, 2.75) is 185 Å². The van der Waals surface area contributed by atoms with Gasteiger partial charge in [0.1, 0.15) is 17.3 Å². The summed E-state index contributed by atoms with van der Waals surface area (Å²) in [5.74, 6) is -1.63. The topological polar surface area (TPSA) is 316 Å². The molecule has 0 aliphatic heterocycles. The Morgan fingerprint density at radius 2 is 0.971 bits per heavy atom. The van der Waals surface area contributed by atoms with Gasteiger partial charge < -0.3 is 55.6 Å². The lowest BCUT2D eigenvalue weighted by molar-refractivity contribution is -0.305. The average Bonchev–Trinajstić information content (AvgIpc) is 0.951. The molecule has 17 nitrogen and oxygen atoms in total. The van der Waals surface area contributed by atoms with Gasteiger partial charge >= 0.3 is 5.97 Å². The van der Waals surface area contributed by atoms with Crippen LogP contribution in [0.4, 0.5) is 0 Å². The molecule has 4 aromatic carbocycles. The van der Waals surface area contributed by atoms with Crippen molar-refractivity contribution in [1.82, 2.24) is 9.97 Å². The Labute approximate surface area is 610 Å². The number of benzene rings is 4. The Hall–Kier alpha value is -7.67. The smallest absolute Gasteiger partial charge is 0.303 e. The minimum atomic E-state index is -1.00. The molecule has 0 saturated heterocycles. The molecule has 0 bridgehead atoms. The number of carboxylic acid groups (broad SMARTS) is 2. The Morgan fingerprint density at radius 1 is 0.520 bits per heavy atom. The predicted octanol–water partition coefficient (Wildman–Crippen LogP) is 14.5. The first-order valence-corrected chi connectivity index (χ1v) is 38.8. The van der Waals surface area contributed by atoms with Crippen LogP contribution in [0.2, 0.25) is 0 Å². The fraction of sp³-hybridized carbons (Fsp3) is 0.420. The van der Waals surface area contributed by atoms with Crippen LogP contribution in [-0.2, 0) is 36.8 Å². The molecule has 2 aliphatic rings. The van der Waals surface area contributed by atoms with Crippen LogP contribution >= 0.6 is 45.3 Å². The molecule has 10 aromatic rings. The van der Waals surface area contributed by atoms with Crippen LogP contribution in [0.5, 0.6) is 0 Å². The number of rotatable bonds is 30. The molecular weight excluding hydrogens is 1370 g/mol. The Morgan fingerprint density at radius 3 is 1.43 bits per heavy atom.